The first-order chi connectivity index (χ1) is 14.9. The summed E-state index contributed by atoms with van der Waals surface area (Å²) in [5, 5.41) is 2.79. The number of carbonyl (C=O) groups is 1. The number of ether oxygens (including phenoxy) is 2. The highest BCUT2D eigenvalue weighted by molar-refractivity contribution is 7.92. The fourth-order valence-electron chi connectivity index (χ4n) is 2.92. The predicted octanol–water partition coefficient (Wildman–Crippen LogP) is 3.61. The van der Waals surface area contributed by atoms with Gasteiger partial charge in [-0.05, 0) is 48.9 Å². The zero-order chi connectivity index (χ0) is 22.3. The summed E-state index contributed by atoms with van der Waals surface area (Å²) < 4.78 is 38.5. The molecule has 31 heavy (non-hydrogen) atoms. The lowest BCUT2D eigenvalue weighted by Crippen LogP contribution is -2.29. The van der Waals surface area contributed by atoms with E-state index in [0.717, 1.165) is 0 Å². The normalized spacial score (nSPS) is 10.9. The van der Waals surface area contributed by atoms with Gasteiger partial charge in [0.2, 0.25) is 0 Å². The quantitative estimate of drug-likeness (QED) is 0.496. The molecule has 1 amide bonds. The van der Waals surface area contributed by atoms with Crippen LogP contribution in [0.5, 0.6) is 11.5 Å². The average Bonchev–Trinajstić information content (AvgIpc) is 2.78. The van der Waals surface area contributed by atoms with Crippen LogP contribution in [0, 0.1) is 6.92 Å². The fourth-order valence-corrected chi connectivity index (χ4v) is 4.06. The van der Waals surface area contributed by atoms with Gasteiger partial charge in [-0.15, -0.1) is 0 Å². The maximum Gasteiger partial charge on any atom is 0.261 e. The van der Waals surface area contributed by atoms with Crippen LogP contribution in [0.2, 0.25) is 0 Å². The Balaban J connectivity index is 1.61. The van der Waals surface area contributed by atoms with Gasteiger partial charge in [0.05, 0.1) is 24.2 Å². The molecule has 8 heteroatoms. The van der Waals surface area contributed by atoms with Crippen molar-refractivity contribution < 1.29 is 22.7 Å². The van der Waals surface area contributed by atoms with Crippen molar-refractivity contribution in [1.82, 2.24) is 5.32 Å². The Morgan fingerprint density at radius 1 is 0.935 bits per heavy atom. The Labute approximate surface area is 182 Å². The molecule has 0 aromatic heterocycles. The van der Waals surface area contributed by atoms with Gasteiger partial charge in [0.1, 0.15) is 18.1 Å². The summed E-state index contributed by atoms with van der Waals surface area (Å²) in [4.78, 5) is 12.8. The number of hydrogen-bond acceptors (Lipinski definition) is 5. The minimum atomic E-state index is -3.75. The monoisotopic (exact) mass is 440 g/mol. The van der Waals surface area contributed by atoms with Crippen LogP contribution in [0.1, 0.15) is 15.9 Å². The number of sulfonamides is 1. The van der Waals surface area contributed by atoms with Crippen LogP contribution >= 0.6 is 0 Å². The number of hydrogen-bond donors (Lipinski definition) is 2. The molecule has 0 unspecified atom stereocenters. The number of amides is 1. The molecule has 3 aromatic rings. The predicted molar refractivity (Wildman–Crippen MR) is 119 cm³/mol. The Kier molecular flexibility index (Phi) is 7.15. The van der Waals surface area contributed by atoms with Gasteiger partial charge in [-0.3, -0.25) is 9.52 Å². The minimum absolute atomic E-state index is 0.152. The molecular formula is C23H24N2O5S. The Morgan fingerprint density at radius 2 is 1.65 bits per heavy atom. The van der Waals surface area contributed by atoms with Gasteiger partial charge >= 0.3 is 0 Å². The van der Waals surface area contributed by atoms with Crippen molar-refractivity contribution in [3.05, 3.63) is 83.9 Å². The van der Waals surface area contributed by atoms with Crippen molar-refractivity contribution in [3.8, 4) is 11.5 Å². The van der Waals surface area contributed by atoms with Gasteiger partial charge in [-0.25, -0.2) is 8.42 Å². The Bertz CT molecular complexity index is 1150. The van der Waals surface area contributed by atoms with E-state index in [0.29, 0.717) is 28.3 Å². The van der Waals surface area contributed by atoms with Gasteiger partial charge in [0.15, 0.2) is 0 Å². The molecule has 3 aromatic carbocycles. The maximum atomic E-state index is 12.6. The van der Waals surface area contributed by atoms with Crippen LogP contribution in [0.4, 0.5) is 5.69 Å². The smallest absolute Gasteiger partial charge is 0.261 e. The van der Waals surface area contributed by atoms with Crippen molar-refractivity contribution in [2.24, 2.45) is 0 Å². The molecule has 0 bridgehead atoms. The number of anilines is 1. The van der Waals surface area contributed by atoms with Gasteiger partial charge in [-0.2, -0.15) is 0 Å². The number of methoxy groups -OCH3 is 1. The van der Waals surface area contributed by atoms with Crippen LogP contribution in [-0.4, -0.2) is 34.6 Å². The molecule has 0 saturated carbocycles. The van der Waals surface area contributed by atoms with Crippen LogP contribution < -0.4 is 19.5 Å². The van der Waals surface area contributed by atoms with Crippen LogP contribution in [0.15, 0.2) is 77.7 Å². The third kappa shape index (κ3) is 5.76. The highest BCUT2D eigenvalue weighted by Crippen LogP contribution is 2.23. The molecule has 0 saturated heterocycles. The molecule has 0 atom stereocenters. The fraction of sp³-hybridized carbons (Fsp3) is 0.174. The summed E-state index contributed by atoms with van der Waals surface area (Å²) in [6.45, 7) is 2.26. The summed E-state index contributed by atoms with van der Waals surface area (Å²) >= 11 is 0. The minimum Gasteiger partial charge on any atom is -0.497 e. The largest absolute Gasteiger partial charge is 0.497 e. The standard InChI is InChI=1S/C23H24N2O5S/c1-17-21(23(26)24-14-15-30-19-9-6-8-18(16-19)29-2)12-7-13-22(17)25-31(27,28)20-10-4-3-5-11-20/h3-13,16,25H,14-15H2,1-2H3,(H,24,26). The van der Waals surface area contributed by atoms with Gasteiger partial charge in [0.25, 0.3) is 15.9 Å². The summed E-state index contributed by atoms with van der Waals surface area (Å²) in [7, 11) is -2.17. The molecule has 2 N–H and O–H groups in total. The van der Waals surface area contributed by atoms with Gasteiger partial charge < -0.3 is 14.8 Å². The van der Waals surface area contributed by atoms with E-state index < -0.39 is 10.0 Å². The highest BCUT2D eigenvalue weighted by Gasteiger charge is 2.17. The second-order valence-corrected chi connectivity index (χ2v) is 8.36. The first kappa shape index (κ1) is 22.2. The molecule has 3 rings (SSSR count). The van der Waals surface area contributed by atoms with Crippen molar-refractivity contribution in [2.45, 2.75) is 11.8 Å². The van der Waals surface area contributed by atoms with Crippen molar-refractivity contribution in [2.75, 3.05) is 25.0 Å². The first-order valence-electron chi connectivity index (χ1n) is 9.63. The van der Waals surface area contributed by atoms with E-state index in [4.69, 9.17) is 9.47 Å². The van der Waals surface area contributed by atoms with E-state index in [-0.39, 0.29) is 24.0 Å². The summed E-state index contributed by atoms with van der Waals surface area (Å²) in [5.41, 5.74) is 1.27. The van der Waals surface area contributed by atoms with E-state index in [1.54, 1.807) is 62.6 Å². The molecule has 0 aliphatic carbocycles. The molecule has 0 fully saturated rings. The number of nitrogens with one attached hydrogen (secondary N) is 2. The molecule has 0 aliphatic rings. The summed E-state index contributed by atoms with van der Waals surface area (Å²) in [6, 6.07) is 20.2. The zero-order valence-corrected chi connectivity index (χ0v) is 18.1. The van der Waals surface area contributed by atoms with Gasteiger partial charge in [-0.1, -0.05) is 30.3 Å². The molecule has 0 aliphatic heterocycles. The molecule has 0 radical (unpaired) electrons. The molecule has 162 valence electrons. The lowest BCUT2D eigenvalue weighted by Gasteiger charge is -2.14. The van der Waals surface area contributed by atoms with E-state index in [1.807, 2.05) is 12.1 Å². The summed E-state index contributed by atoms with van der Waals surface area (Å²) in [5.74, 6) is 1.02. The molecule has 7 nitrogen and oxygen atoms in total. The van der Waals surface area contributed by atoms with Crippen molar-refractivity contribution in [1.29, 1.82) is 0 Å². The first-order valence-corrected chi connectivity index (χ1v) is 11.1. The maximum absolute atomic E-state index is 12.6. The van der Waals surface area contributed by atoms with Gasteiger partial charge in [0, 0.05) is 11.6 Å². The molecular weight excluding hydrogens is 416 g/mol. The van der Waals surface area contributed by atoms with Crippen LogP contribution in [-0.2, 0) is 10.0 Å². The lowest BCUT2D eigenvalue weighted by atomic mass is 10.1. The van der Waals surface area contributed by atoms with Crippen molar-refractivity contribution in [3.63, 3.8) is 0 Å². The topological polar surface area (TPSA) is 93.7 Å². The summed E-state index contributed by atoms with van der Waals surface area (Å²) in [6.07, 6.45) is 0. The zero-order valence-electron chi connectivity index (χ0n) is 17.3. The number of rotatable bonds is 9. The second kappa shape index (κ2) is 9.99. The van der Waals surface area contributed by atoms with E-state index in [1.165, 1.54) is 12.1 Å². The van der Waals surface area contributed by atoms with Crippen molar-refractivity contribution >= 4 is 21.6 Å². The van der Waals surface area contributed by atoms with Crippen LogP contribution in [0.25, 0.3) is 0 Å². The van der Waals surface area contributed by atoms with E-state index in [2.05, 4.69) is 10.0 Å². The Morgan fingerprint density at radius 3 is 2.39 bits per heavy atom. The SMILES string of the molecule is COc1cccc(OCCNC(=O)c2cccc(NS(=O)(=O)c3ccccc3)c2C)c1. The van der Waals surface area contributed by atoms with Crippen LogP contribution in [0.3, 0.4) is 0 Å². The second-order valence-electron chi connectivity index (χ2n) is 6.68. The molecule has 0 heterocycles. The van der Waals surface area contributed by atoms with E-state index in [9.17, 15) is 13.2 Å². The number of carbonyl (C=O) groups excluding carboxylic acids is 1. The third-order valence-electron chi connectivity index (χ3n) is 4.57. The average molecular weight is 441 g/mol. The molecule has 0 spiro atoms. The Hall–Kier alpha value is -3.52. The number of benzene rings is 3. The van der Waals surface area contributed by atoms with E-state index >= 15 is 0 Å². The highest BCUT2D eigenvalue weighted by atomic mass is 32.2. The third-order valence-corrected chi connectivity index (χ3v) is 5.96. The lowest BCUT2D eigenvalue weighted by molar-refractivity contribution is 0.0946.